The fourth-order valence-electron chi connectivity index (χ4n) is 1.92. The summed E-state index contributed by atoms with van der Waals surface area (Å²) >= 11 is 0. The van der Waals surface area contributed by atoms with Crippen LogP contribution in [0, 0.1) is 13.8 Å². The molecule has 1 heteroatoms. The standard InChI is InChI=1S/C14H16O/c1-10-4-11(2)6-13(5-10)7-14-9-15-8-12(14)3/h4-7H,3,8-9H2,1-2H3/b14-7+. The van der Waals surface area contributed by atoms with Gasteiger partial charge < -0.3 is 4.74 Å². The number of benzene rings is 1. The van der Waals surface area contributed by atoms with Gasteiger partial charge >= 0.3 is 0 Å². The Labute approximate surface area is 91.1 Å². The van der Waals surface area contributed by atoms with E-state index < -0.39 is 0 Å². The van der Waals surface area contributed by atoms with Gasteiger partial charge in [0.05, 0.1) is 13.2 Å². The van der Waals surface area contributed by atoms with E-state index in [9.17, 15) is 0 Å². The van der Waals surface area contributed by atoms with Crippen LogP contribution in [0.25, 0.3) is 6.08 Å². The lowest BCUT2D eigenvalue weighted by molar-refractivity contribution is 0.215. The van der Waals surface area contributed by atoms with Crippen LogP contribution in [0.1, 0.15) is 16.7 Å². The molecule has 0 atom stereocenters. The Bertz CT molecular complexity index is 407. The molecule has 0 amide bonds. The molecule has 0 aromatic heterocycles. The molecule has 1 aromatic rings. The van der Waals surface area contributed by atoms with Crippen molar-refractivity contribution in [2.75, 3.05) is 13.2 Å². The Morgan fingerprint density at radius 3 is 2.33 bits per heavy atom. The van der Waals surface area contributed by atoms with Crippen LogP contribution in [0.3, 0.4) is 0 Å². The Morgan fingerprint density at radius 2 is 1.80 bits per heavy atom. The highest BCUT2D eigenvalue weighted by molar-refractivity contribution is 5.60. The van der Waals surface area contributed by atoms with Crippen LogP contribution in [0.5, 0.6) is 0 Å². The molecule has 0 N–H and O–H groups in total. The van der Waals surface area contributed by atoms with Gasteiger partial charge in [0.1, 0.15) is 0 Å². The molecule has 1 aromatic carbocycles. The average molecular weight is 200 g/mol. The van der Waals surface area contributed by atoms with Crippen molar-refractivity contribution in [2.45, 2.75) is 13.8 Å². The summed E-state index contributed by atoms with van der Waals surface area (Å²) in [5.41, 5.74) is 6.17. The second-order valence-electron chi connectivity index (χ2n) is 4.19. The molecule has 1 heterocycles. The summed E-state index contributed by atoms with van der Waals surface area (Å²) in [7, 11) is 0. The van der Waals surface area contributed by atoms with E-state index in [2.05, 4.69) is 44.7 Å². The molecule has 1 aliphatic heterocycles. The first-order valence-electron chi connectivity index (χ1n) is 5.20. The zero-order valence-electron chi connectivity index (χ0n) is 9.34. The highest BCUT2D eigenvalue weighted by atomic mass is 16.5. The fourth-order valence-corrected chi connectivity index (χ4v) is 1.92. The van der Waals surface area contributed by atoms with Gasteiger partial charge in [0.25, 0.3) is 0 Å². The molecule has 78 valence electrons. The average Bonchev–Trinajstić information content (AvgIpc) is 2.50. The van der Waals surface area contributed by atoms with E-state index in [1.807, 2.05) is 0 Å². The van der Waals surface area contributed by atoms with Crippen LogP contribution >= 0.6 is 0 Å². The quantitative estimate of drug-likeness (QED) is 0.676. The van der Waals surface area contributed by atoms with Crippen LogP contribution in [-0.2, 0) is 4.74 Å². The molecule has 0 unspecified atom stereocenters. The molecular weight excluding hydrogens is 184 g/mol. The summed E-state index contributed by atoms with van der Waals surface area (Å²) in [6, 6.07) is 6.55. The molecule has 0 spiro atoms. The highest BCUT2D eigenvalue weighted by Crippen LogP contribution is 2.21. The summed E-state index contributed by atoms with van der Waals surface area (Å²) in [6.45, 7) is 9.60. The number of rotatable bonds is 1. The lowest BCUT2D eigenvalue weighted by Crippen LogP contribution is -1.85. The van der Waals surface area contributed by atoms with Crippen molar-refractivity contribution in [3.63, 3.8) is 0 Å². The molecule has 0 aliphatic carbocycles. The van der Waals surface area contributed by atoms with Crippen molar-refractivity contribution >= 4 is 6.08 Å². The number of ether oxygens (including phenoxy) is 1. The number of hydrogen-bond acceptors (Lipinski definition) is 1. The molecule has 1 saturated heterocycles. The summed E-state index contributed by atoms with van der Waals surface area (Å²) in [5.74, 6) is 0. The highest BCUT2D eigenvalue weighted by Gasteiger charge is 2.11. The normalized spacial score (nSPS) is 18.8. The van der Waals surface area contributed by atoms with Gasteiger partial charge in [-0.25, -0.2) is 0 Å². The van der Waals surface area contributed by atoms with Gasteiger partial charge in [-0.1, -0.05) is 35.9 Å². The third-order valence-electron chi connectivity index (χ3n) is 2.57. The van der Waals surface area contributed by atoms with Gasteiger partial charge in [-0.15, -0.1) is 0 Å². The smallest absolute Gasteiger partial charge is 0.0724 e. The summed E-state index contributed by atoms with van der Waals surface area (Å²) in [4.78, 5) is 0. The molecule has 0 bridgehead atoms. The summed E-state index contributed by atoms with van der Waals surface area (Å²) in [5, 5.41) is 0. The topological polar surface area (TPSA) is 9.23 Å². The number of aryl methyl sites for hydroxylation is 2. The SMILES string of the molecule is C=C1COC/C1=C\c1cc(C)cc(C)c1. The molecule has 2 rings (SSSR count). The van der Waals surface area contributed by atoms with E-state index in [0.29, 0.717) is 13.2 Å². The van der Waals surface area contributed by atoms with Crippen molar-refractivity contribution in [1.29, 1.82) is 0 Å². The minimum absolute atomic E-state index is 0.677. The Balaban J connectivity index is 2.34. The molecule has 0 radical (unpaired) electrons. The van der Waals surface area contributed by atoms with E-state index in [0.717, 1.165) is 5.57 Å². The van der Waals surface area contributed by atoms with E-state index in [1.165, 1.54) is 22.3 Å². The van der Waals surface area contributed by atoms with Crippen LogP contribution < -0.4 is 0 Å². The van der Waals surface area contributed by atoms with Crippen molar-refractivity contribution < 1.29 is 4.74 Å². The summed E-state index contributed by atoms with van der Waals surface area (Å²) in [6.07, 6.45) is 2.18. The second-order valence-corrected chi connectivity index (χ2v) is 4.19. The van der Waals surface area contributed by atoms with Gasteiger partial charge in [0.15, 0.2) is 0 Å². The molecular formula is C14H16O. The summed E-state index contributed by atoms with van der Waals surface area (Å²) < 4.78 is 5.33. The van der Waals surface area contributed by atoms with Crippen LogP contribution in [0.4, 0.5) is 0 Å². The van der Waals surface area contributed by atoms with Gasteiger partial charge in [-0.05, 0) is 36.6 Å². The second kappa shape index (κ2) is 4.03. The van der Waals surface area contributed by atoms with Crippen molar-refractivity contribution in [1.82, 2.24) is 0 Å². The molecule has 0 saturated carbocycles. The Morgan fingerprint density at radius 1 is 1.13 bits per heavy atom. The maximum Gasteiger partial charge on any atom is 0.0724 e. The van der Waals surface area contributed by atoms with Crippen molar-refractivity contribution in [3.05, 3.63) is 52.6 Å². The van der Waals surface area contributed by atoms with Crippen LogP contribution in [-0.4, -0.2) is 13.2 Å². The van der Waals surface area contributed by atoms with Crippen molar-refractivity contribution in [2.24, 2.45) is 0 Å². The fraction of sp³-hybridized carbons (Fsp3) is 0.286. The van der Waals surface area contributed by atoms with Gasteiger partial charge in [-0.2, -0.15) is 0 Å². The van der Waals surface area contributed by atoms with Crippen LogP contribution in [0.2, 0.25) is 0 Å². The predicted molar refractivity (Wildman–Crippen MR) is 63.9 cm³/mol. The first-order chi connectivity index (χ1) is 7.15. The lowest BCUT2D eigenvalue weighted by Gasteiger charge is -2.02. The monoisotopic (exact) mass is 200 g/mol. The third-order valence-corrected chi connectivity index (χ3v) is 2.57. The van der Waals surface area contributed by atoms with Gasteiger partial charge in [-0.3, -0.25) is 0 Å². The first-order valence-corrected chi connectivity index (χ1v) is 5.20. The van der Waals surface area contributed by atoms with Gasteiger partial charge in [0.2, 0.25) is 0 Å². The minimum Gasteiger partial charge on any atom is -0.372 e. The third kappa shape index (κ3) is 2.37. The molecule has 1 nitrogen and oxygen atoms in total. The zero-order chi connectivity index (χ0) is 10.8. The maximum absolute atomic E-state index is 5.33. The largest absolute Gasteiger partial charge is 0.372 e. The first kappa shape index (κ1) is 10.2. The molecule has 1 fully saturated rings. The predicted octanol–water partition coefficient (Wildman–Crippen LogP) is 3.27. The molecule has 1 aliphatic rings. The molecule has 15 heavy (non-hydrogen) atoms. The zero-order valence-corrected chi connectivity index (χ0v) is 9.34. The van der Waals surface area contributed by atoms with E-state index >= 15 is 0 Å². The van der Waals surface area contributed by atoms with E-state index in [-0.39, 0.29) is 0 Å². The number of hydrogen-bond donors (Lipinski definition) is 0. The maximum atomic E-state index is 5.33. The Kier molecular flexibility index (Phi) is 2.74. The van der Waals surface area contributed by atoms with E-state index in [4.69, 9.17) is 4.74 Å². The lowest BCUT2D eigenvalue weighted by atomic mass is 10.0. The Hall–Kier alpha value is -1.34. The minimum atomic E-state index is 0.677. The van der Waals surface area contributed by atoms with E-state index in [1.54, 1.807) is 0 Å². The van der Waals surface area contributed by atoms with Crippen molar-refractivity contribution in [3.8, 4) is 0 Å². The van der Waals surface area contributed by atoms with Gasteiger partial charge in [0, 0.05) is 0 Å². The van der Waals surface area contributed by atoms with Crippen LogP contribution in [0.15, 0.2) is 35.9 Å².